The molecule has 0 fully saturated rings. The maximum absolute atomic E-state index is 13.4. The van der Waals surface area contributed by atoms with Gasteiger partial charge in [-0.05, 0) is 29.8 Å². The molecule has 0 radical (unpaired) electrons. The van der Waals surface area contributed by atoms with Crippen molar-refractivity contribution in [3.05, 3.63) is 53.1 Å². The normalized spacial score (nSPS) is 10.4. The molecule has 0 atom stereocenters. The van der Waals surface area contributed by atoms with Crippen molar-refractivity contribution in [3.63, 3.8) is 0 Å². The molecule has 0 aliphatic carbocycles. The second kappa shape index (κ2) is 4.10. The lowest BCUT2D eigenvalue weighted by molar-refractivity contribution is 0.475. The van der Waals surface area contributed by atoms with E-state index in [9.17, 15) is 13.9 Å². The Hall–Kier alpha value is -1.61. The summed E-state index contributed by atoms with van der Waals surface area (Å²) in [5, 5.41) is 9.34. The Kier molecular flexibility index (Phi) is 2.79. The Balaban J connectivity index is 2.54. The zero-order valence-corrected chi connectivity index (χ0v) is 8.80. The van der Waals surface area contributed by atoms with Gasteiger partial charge < -0.3 is 5.11 Å². The zero-order chi connectivity index (χ0) is 11.7. The first-order valence-electron chi connectivity index (χ1n) is 4.52. The lowest BCUT2D eigenvalue weighted by Crippen LogP contribution is -1.86. The third-order valence-electron chi connectivity index (χ3n) is 2.19. The third kappa shape index (κ3) is 1.99. The summed E-state index contributed by atoms with van der Waals surface area (Å²) in [7, 11) is 0. The minimum Gasteiger partial charge on any atom is -0.506 e. The molecule has 2 aromatic carbocycles. The second-order valence-electron chi connectivity index (χ2n) is 3.29. The van der Waals surface area contributed by atoms with Crippen LogP contribution in [0.3, 0.4) is 0 Å². The van der Waals surface area contributed by atoms with Crippen molar-refractivity contribution in [3.8, 4) is 16.9 Å². The Bertz CT molecular complexity index is 541. The lowest BCUT2D eigenvalue weighted by atomic mass is 10.1. The van der Waals surface area contributed by atoms with Crippen LogP contribution < -0.4 is 0 Å². The molecule has 0 bridgehead atoms. The number of hydrogen-bond donors (Lipinski definition) is 1. The zero-order valence-electron chi connectivity index (χ0n) is 8.05. The van der Waals surface area contributed by atoms with Gasteiger partial charge in [-0.15, -0.1) is 0 Å². The summed E-state index contributed by atoms with van der Waals surface area (Å²) in [5.41, 5.74) is 0.726. The van der Waals surface area contributed by atoms with Crippen molar-refractivity contribution in [2.45, 2.75) is 0 Å². The fourth-order valence-corrected chi connectivity index (χ4v) is 1.58. The van der Waals surface area contributed by atoms with Crippen LogP contribution in [0.4, 0.5) is 8.78 Å². The lowest BCUT2D eigenvalue weighted by Gasteiger charge is -2.05. The van der Waals surface area contributed by atoms with Gasteiger partial charge >= 0.3 is 0 Å². The highest BCUT2D eigenvalue weighted by atomic mass is 35.5. The fourth-order valence-electron chi connectivity index (χ4n) is 1.40. The molecule has 0 saturated heterocycles. The number of halogens is 3. The summed E-state index contributed by atoms with van der Waals surface area (Å²) in [6.45, 7) is 0. The van der Waals surface area contributed by atoms with E-state index in [2.05, 4.69) is 0 Å². The van der Waals surface area contributed by atoms with Gasteiger partial charge in [0.25, 0.3) is 0 Å². The molecule has 2 aromatic rings. The first-order chi connectivity index (χ1) is 7.58. The van der Waals surface area contributed by atoms with Crippen LogP contribution in [0.1, 0.15) is 0 Å². The van der Waals surface area contributed by atoms with Crippen LogP contribution >= 0.6 is 11.6 Å². The number of rotatable bonds is 1. The van der Waals surface area contributed by atoms with Crippen molar-refractivity contribution in [2.24, 2.45) is 0 Å². The van der Waals surface area contributed by atoms with Crippen molar-refractivity contribution in [1.82, 2.24) is 0 Å². The largest absolute Gasteiger partial charge is 0.506 e. The third-order valence-corrected chi connectivity index (χ3v) is 2.49. The summed E-state index contributed by atoms with van der Waals surface area (Å²) >= 11 is 5.70. The molecule has 4 heteroatoms. The van der Waals surface area contributed by atoms with Gasteiger partial charge in [-0.1, -0.05) is 17.7 Å². The van der Waals surface area contributed by atoms with E-state index in [0.717, 1.165) is 6.07 Å². The van der Waals surface area contributed by atoms with Gasteiger partial charge in [0.05, 0.1) is 5.02 Å². The summed E-state index contributed by atoms with van der Waals surface area (Å²) < 4.78 is 26.1. The molecule has 0 spiro atoms. The Labute approximate surface area is 95.9 Å². The van der Waals surface area contributed by atoms with E-state index in [1.54, 1.807) is 0 Å². The fraction of sp³-hybridized carbons (Fsp3) is 0. The molecular weight excluding hydrogens is 234 g/mol. The van der Waals surface area contributed by atoms with Gasteiger partial charge in [0.2, 0.25) is 0 Å². The maximum Gasteiger partial charge on any atom is 0.134 e. The Morgan fingerprint density at radius 3 is 2.38 bits per heavy atom. The SMILES string of the molecule is Oc1ccc(-c2ccc(F)cc2F)cc1Cl. The number of hydrogen-bond acceptors (Lipinski definition) is 1. The van der Waals surface area contributed by atoms with Gasteiger partial charge in [-0.3, -0.25) is 0 Å². The van der Waals surface area contributed by atoms with Crippen molar-refractivity contribution >= 4 is 11.6 Å². The molecular formula is C12H7ClF2O. The highest BCUT2D eigenvalue weighted by molar-refractivity contribution is 6.32. The monoisotopic (exact) mass is 240 g/mol. The molecule has 82 valence electrons. The molecule has 16 heavy (non-hydrogen) atoms. The van der Waals surface area contributed by atoms with E-state index in [4.69, 9.17) is 11.6 Å². The van der Waals surface area contributed by atoms with Crippen molar-refractivity contribution < 1.29 is 13.9 Å². The van der Waals surface area contributed by atoms with Crippen LogP contribution in [0.5, 0.6) is 5.75 Å². The molecule has 0 aliphatic heterocycles. The molecule has 1 N–H and O–H groups in total. The first kappa shape index (κ1) is 10.9. The predicted molar refractivity (Wildman–Crippen MR) is 58.5 cm³/mol. The summed E-state index contributed by atoms with van der Waals surface area (Å²) in [5.74, 6) is -1.37. The molecule has 0 aliphatic rings. The topological polar surface area (TPSA) is 20.2 Å². The molecule has 0 amide bonds. The summed E-state index contributed by atoms with van der Waals surface area (Å²) in [6, 6.07) is 7.59. The number of phenols is 1. The van der Waals surface area contributed by atoms with Crippen LogP contribution in [0, 0.1) is 11.6 Å². The van der Waals surface area contributed by atoms with Crippen LogP contribution in [0.25, 0.3) is 11.1 Å². The molecule has 2 rings (SSSR count). The number of aromatic hydroxyl groups is 1. The minimum atomic E-state index is -0.665. The van der Waals surface area contributed by atoms with Gasteiger partial charge in [0.15, 0.2) is 0 Å². The maximum atomic E-state index is 13.4. The van der Waals surface area contributed by atoms with E-state index in [0.29, 0.717) is 5.56 Å². The molecule has 0 unspecified atom stereocenters. The summed E-state index contributed by atoms with van der Waals surface area (Å²) in [6.07, 6.45) is 0. The van der Waals surface area contributed by atoms with Gasteiger partial charge in [-0.25, -0.2) is 8.78 Å². The van der Waals surface area contributed by atoms with Crippen LogP contribution in [0.2, 0.25) is 5.02 Å². The van der Waals surface area contributed by atoms with E-state index < -0.39 is 11.6 Å². The molecule has 0 heterocycles. The predicted octanol–water partition coefficient (Wildman–Crippen LogP) is 3.99. The summed E-state index contributed by atoms with van der Waals surface area (Å²) in [4.78, 5) is 0. The quantitative estimate of drug-likeness (QED) is 0.799. The van der Waals surface area contributed by atoms with Crippen molar-refractivity contribution in [1.29, 1.82) is 0 Å². The highest BCUT2D eigenvalue weighted by Crippen LogP contribution is 2.30. The molecule has 1 nitrogen and oxygen atoms in total. The Morgan fingerprint density at radius 2 is 1.75 bits per heavy atom. The minimum absolute atomic E-state index is 0.0760. The van der Waals surface area contributed by atoms with E-state index in [1.807, 2.05) is 0 Å². The van der Waals surface area contributed by atoms with Crippen LogP contribution in [0.15, 0.2) is 36.4 Å². The Morgan fingerprint density at radius 1 is 1.00 bits per heavy atom. The highest BCUT2D eigenvalue weighted by Gasteiger charge is 2.08. The first-order valence-corrected chi connectivity index (χ1v) is 4.89. The van der Waals surface area contributed by atoms with Gasteiger partial charge in [-0.2, -0.15) is 0 Å². The standard InChI is InChI=1S/C12H7ClF2O/c13-10-5-7(1-4-12(10)16)9-3-2-8(14)6-11(9)15/h1-6,16H. The number of benzene rings is 2. The van der Waals surface area contributed by atoms with E-state index >= 15 is 0 Å². The average Bonchev–Trinajstić information content (AvgIpc) is 2.22. The molecule has 0 saturated carbocycles. The van der Waals surface area contributed by atoms with E-state index in [-0.39, 0.29) is 16.3 Å². The average molecular weight is 241 g/mol. The second-order valence-corrected chi connectivity index (χ2v) is 3.70. The van der Waals surface area contributed by atoms with E-state index in [1.165, 1.54) is 30.3 Å². The number of phenolic OH excluding ortho intramolecular Hbond substituents is 1. The molecule has 0 aromatic heterocycles. The van der Waals surface area contributed by atoms with Crippen LogP contribution in [-0.4, -0.2) is 5.11 Å². The van der Waals surface area contributed by atoms with Crippen molar-refractivity contribution in [2.75, 3.05) is 0 Å². The van der Waals surface area contributed by atoms with Crippen LogP contribution in [-0.2, 0) is 0 Å². The van der Waals surface area contributed by atoms with Gasteiger partial charge in [0.1, 0.15) is 17.4 Å². The smallest absolute Gasteiger partial charge is 0.134 e. The van der Waals surface area contributed by atoms with Gasteiger partial charge in [0, 0.05) is 11.6 Å².